The van der Waals surface area contributed by atoms with Crippen molar-refractivity contribution in [2.75, 3.05) is 0 Å². The van der Waals surface area contributed by atoms with Gasteiger partial charge in [-0.05, 0) is 34.3 Å². The van der Waals surface area contributed by atoms with Gasteiger partial charge in [0.1, 0.15) is 0 Å². The standard InChI is InChI=1S/C9H6BrNOS2/c1-5-8(14-4-11-5)7(12)9-6(10)2-3-13-9/h2-4H,1H3. The van der Waals surface area contributed by atoms with Crippen LogP contribution in [0.2, 0.25) is 0 Å². The Morgan fingerprint density at radius 1 is 1.43 bits per heavy atom. The molecule has 0 aliphatic rings. The number of hydrogen-bond acceptors (Lipinski definition) is 4. The molecule has 0 saturated carbocycles. The second-order valence-electron chi connectivity index (χ2n) is 2.69. The van der Waals surface area contributed by atoms with Crippen molar-refractivity contribution in [3.8, 4) is 0 Å². The van der Waals surface area contributed by atoms with E-state index in [0.29, 0.717) is 0 Å². The molecule has 2 aromatic heterocycles. The molecule has 0 aliphatic carbocycles. The highest BCUT2D eigenvalue weighted by molar-refractivity contribution is 9.10. The SMILES string of the molecule is Cc1ncsc1C(=O)c1sccc1Br. The molecule has 0 fully saturated rings. The first-order valence-electron chi connectivity index (χ1n) is 3.88. The summed E-state index contributed by atoms with van der Waals surface area (Å²) in [5, 5.41) is 1.90. The van der Waals surface area contributed by atoms with Crippen molar-refractivity contribution in [2.24, 2.45) is 0 Å². The van der Waals surface area contributed by atoms with Crippen LogP contribution < -0.4 is 0 Å². The van der Waals surface area contributed by atoms with Gasteiger partial charge in [0, 0.05) is 4.47 Å². The molecule has 14 heavy (non-hydrogen) atoms. The summed E-state index contributed by atoms with van der Waals surface area (Å²) in [6.07, 6.45) is 0. The molecule has 5 heteroatoms. The Bertz CT molecular complexity index is 432. The first kappa shape index (κ1) is 10.0. The molecular formula is C9H6BrNOS2. The lowest BCUT2D eigenvalue weighted by Crippen LogP contribution is -1.98. The summed E-state index contributed by atoms with van der Waals surface area (Å²) in [6.45, 7) is 1.85. The fourth-order valence-corrected chi connectivity index (χ4v) is 3.39. The molecule has 0 N–H and O–H groups in total. The summed E-state index contributed by atoms with van der Waals surface area (Å²) in [7, 11) is 0. The van der Waals surface area contributed by atoms with Crippen LogP contribution in [0.1, 0.15) is 20.2 Å². The maximum absolute atomic E-state index is 12.0. The van der Waals surface area contributed by atoms with Crippen LogP contribution in [0, 0.1) is 6.92 Å². The summed E-state index contributed by atoms with van der Waals surface area (Å²) in [6, 6.07) is 1.88. The van der Waals surface area contributed by atoms with E-state index >= 15 is 0 Å². The Hall–Kier alpha value is -0.520. The predicted octanol–water partition coefficient (Wildman–Crippen LogP) is 3.51. The minimum absolute atomic E-state index is 0.0619. The first-order valence-corrected chi connectivity index (χ1v) is 6.43. The van der Waals surface area contributed by atoms with Crippen LogP contribution >= 0.6 is 38.6 Å². The third-order valence-electron chi connectivity index (χ3n) is 1.78. The summed E-state index contributed by atoms with van der Waals surface area (Å²) in [5.41, 5.74) is 2.50. The van der Waals surface area contributed by atoms with E-state index in [0.717, 1.165) is 19.9 Å². The van der Waals surface area contributed by atoms with Crippen LogP contribution in [0.3, 0.4) is 0 Å². The number of halogens is 1. The number of aromatic nitrogens is 1. The van der Waals surface area contributed by atoms with Crippen LogP contribution in [-0.4, -0.2) is 10.8 Å². The summed E-state index contributed by atoms with van der Waals surface area (Å²) in [4.78, 5) is 17.5. The summed E-state index contributed by atoms with van der Waals surface area (Å²) < 4.78 is 0.861. The lowest BCUT2D eigenvalue weighted by molar-refractivity contribution is 0.104. The normalized spacial score (nSPS) is 10.4. The Labute approximate surface area is 97.7 Å². The molecule has 0 aromatic carbocycles. The van der Waals surface area contributed by atoms with Gasteiger partial charge in [-0.25, -0.2) is 4.98 Å². The molecule has 0 unspecified atom stereocenters. The zero-order valence-corrected chi connectivity index (χ0v) is 10.5. The number of aryl methyl sites for hydroxylation is 1. The van der Waals surface area contributed by atoms with Crippen LogP contribution in [-0.2, 0) is 0 Å². The van der Waals surface area contributed by atoms with E-state index in [9.17, 15) is 4.79 Å². The molecule has 2 nitrogen and oxygen atoms in total. The van der Waals surface area contributed by atoms with Crippen LogP contribution in [0.4, 0.5) is 0 Å². The molecule has 0 radical (unpaired) electrons. The molecule has 2 aromatic rings. The third kappa shape index (κ3) is 1.67. The predicted molar refractivity (Wildman–Crippen MR) is 62.3 cm³/mol. The van der Waals surface area contributed by atoms with Crippen LogP contribution in [0.5, 0.6) is 0 Å². The average molecular weight is 288 g/mol. The lowest BCUT2D eigenvalue weighted by atomic mass is 10.2. The highest BCUT2D eigenvalue weighted by atomic mass is 79.9. The van der Waals surface area contributed by atoms with Crippen molar-refractivity contribution in [1.82, 2.24) is 4.98 Å². The van der Waals surface area contributed by atoms with Gasteiger partial charge in [0.15, 0.2) is 0 Å². The monoisotopic (exact) mass is 287 g/mol. The molecule has 2 rings (SSSR count). The van der Waals surface area contributed by atoms with E-state index in [1.54, 1.807) is 5.51 Å². The minimum atomic E-state index is 0.0619. The topological polar surface area (TPSA) is 30.0 Å². The van der Waals surface area contributed by atoms with E-state index in [1.807, 2.05) is 18.4 Å². The van der Waals surface area contributed by atoms with Crippen molar-refractivity contribution >= 4 is 44.4 Å². The Kier molecular flexibility index (Phi) is 2.80. The van der Waals surface area contributed by atoms with Gasteiger partial charge in [-0.3, -0.25) is 4.79 Å². The maximum Gasteiger partial charge on any atom is 0.215 e. The van der Waals surface area contributed by atoms with Gasteiger partial charge < -0.3 is 0 Å². The molecule has 2 heterocycles. The number of carbonyl (C=O) groups excluding carboxylic acids is 1. The fourth-order valence-electron chi connectivity index (χ4n) is 1.08. The van der Waals surface area contributed by atoms with Gasteiger partial charge in [0.2, 0.25) is 5.78 Å². The Morgan fingerprint density at radius 2 is 2.21 bits per heavy atom. The first-order chi connectivity index (χ1) is 6.70. The van der Waals surface area contributed by atoms with Crippen molar-refractivity contribution < 1.29 is 4.79 Å². The smallest absolute Gasteiger partial charge is 0.215 e. The third-order valence-corrected chi connectivity index (χ3v) is 4.54. The van der Waals surface area contributed by atoms with Gasteiger partial charge in [0.05, 0.1) is 21.0 Å². The number of nitrogens with zero attached hydrogens (tertiary/aromatic N) is 1. The van der Waals surface area contributed by atoms with Gasteiger partial charge in [0.25, 0.3) is 0 Å². The van der Waals surface area contributed by atoms with Crippen molar-refractivity contribution in [2.45, 2.75) is 6.92 Å². The van der Waals surface area contributed by atoms with E-state index in [2.05, 4.69) is 20.9 Å². The Balaban J connectivity index is 2.44. The molecular weight excluding hydrogens is 282 g/mol. The quantitative estimate of drug-likeness (QED) is 0.792. The van der Waals surface area contributed by atoms with Crippen LogP contribution in [0.15, 0.2) is 21.4 Å². The van der Waals surface area contributed by atoms with Gasteiger partial charge in [-0.1, -0.05) is 0 Å². The lowest BCUT2D eigenvalue weighted by Gasteiger charge is -1.95. The second-order valence-corrected chi connectivity index (χ2v) is 5.32. The van der Waals surface area contributed by atoms with Gasteiger partial charge >= 0.3 is 0 Å². The van der Waals surface area contributed by atoms with Gasteiger partial charge in [-0.2, -0.15) is 0 Å². The number of ketones is 1. The van der Waals surface area contributed by atoms with Crippen molar-refractivity contribution in [1.29, 1.82) is 0 Å². The maximum atomic E-state index is 12.0. The molecule has 0 bridgehead atoms. The number of thiazole rings is 1. The number of rotatable bonds is 2. The largest absolute Gasteiger partial charge is 0.287 e. The van der Waals surface area contributed by atoms with Crippen molar-refractivity contribution in [3.63, 3.8) is 0 Å². The Morgan fingerprint density at radius 3 is 2.71 bits per heavy atom. The number of hydrogen-bond donors (Lipinski definition) is 0. The van der Waals surface area contributed by atoms with Crippen LogP contribution in [0.25, 0.3) is 0 Å². The molecule has 0 amide bonds. The summed E-state index contributed by atoms with van der Waals surface area (Å²) >= 11 is 6.19. The van der Waals surface area contributed by atoms with E-state index in [-0.39, 0.29) is 5.78 Å². The summed E-state index contributed by atoms with van der Waals surface area (Å²) in [5.74, 6) is 0.0619. The minimum Gasteiger partial charge on any atom is -0.287 e. The zero-order chi connectivity index (χ0) is 10.1. The molecule has 0 aliphatic heterocycles. The molecule has 0 atom stereocenters. The van der Waals surface area contributed by atoms with E-state index < -0.39 is 0 Å². The molecule has 72 valence electrons. The molecule has 0 spiro atoms. The second kappa shape index (κ2) is 3.92. The van der Waals surface area contributed by atoms with E-state index in [1.165, 1.54) is 22.7 Å². The highest BCUT2D eigenvalue weighted by Gasteiger charge is 2.17. The number of thiophene rings is 1. The zero-order valence-electron chi connectivity index (χ0n) is 7.28. The van der Waals surface area contributed by atoms with Crippen molar-refractivity contribution in [3.05, 3.63) is 36.9 Å². The number of carbonyl (C=O) groups is 1. The highest BCUT2D eigenvalue weighted by Crippen LogP contribution is 2.27. The van der Waals surface area contributed by atoms with Gasteiger partial charge in [-0.15, -0.1) is 22.7 Å². The fraction of sp³-hybridized carbons (Fsp3) is 0.111. The molecule has 0 saturated heterocycles. The van der Waals surface area contributed by atoms with E-state index in [4.69, 9.17) is 0 Å². The average Bonchev–Trinajstić information content (AvgIpc) is 2.73.